The van der Waals surface area contributed by atoms with Gasteiger partial charge in [0.2, 0.25) is 4.34 Å². The van der Waals surface area contributed by atoms with Gasteiger partial charge in [-0.05, 0) is 50.1 Å². The number of thiazole rings is 1. The normalized spacial score (nSPS) is 12.3. The maximum Gasteiger partial charge on any atom is 0.337 e. The number of aryl methyl sites for hydroxylation is 2. The van der Waals surface area contributed by atoms with Crippen molar-refractivity contribution in [3.05, 3.63) is 69.2 Å². The Balaban J connectivity index is 1.99. The molecule has 7 nitrogen and oxygen atoms in total. The smallest absolute Gasteiger partial charge is 0.337 e. The Morgan fingerprint density at radius 1 is 1.24 bits per heavy atom. The number of esters is 1. The zero-order chi connectivity index (χ0) is 25.0. The molecule has 0 radical (unpaired) electrons. The first kappa shape index (κ1) is 25.9. The number of sulfonamides is 1. The van der Waals surface area contributed by atoms with Crippen LogP contribution < -0.4 is 9.04 Å². The number of ether oxygens (including phenoxy) is 2. The first-order valence-electron chi connectivity index (χ1n) is 10.2. The molecule has 0 bridgehead atoms. The molecule has 0 aliphatic heterocycles. The second-order valence-electron chi connectivity index (χ2n) is 7.62. The average Bonchev–Trinajstić information content (AvgIpc) is 3.25. The molecule has 0 spiro atoms. The van der Waals surface area contributed by atoms with Crippen LogP contribution in [0.4, 0.5) is 10.1 Å². The Morgan fingerprint density at radius 3 is 2.47 bits per heavy atom. The van der Waals surface area contributed by atoms with Crippen LogP contribution in [0.15, 0.2) is 46.1 Å². The van der Waals surface area contributed by atoms with Gasteiger partial charge < -0.3 is 9.47 Å². The second kappa shape index (κ2) is 10.7. The number of anilines is 1. The summed E-state index contributed by atoms with van der Waals surface area (Å²) in [5, 5.41) is 1.99. The summed E-state index contributed by atoms with van der Waals surface area (Å²) in [6.45, 7) is 4.32. The van der Waals surface area contributed by atoms with Crippen LogP contribution >= 0.6 is 22.9 Å². The Kier molecular flexibility index (Phi) is 8.17. The number of alkyl halides is 1. The Hall–Kier alpha value is -2.69. The van der Waals surface area contributed by atoms with Gasteiger partial charge in [0, 0.05) is 22.2 Å². The second-order valence-corrected chi connectivity index (χ2v) is 10.9. The number of methoxy groups -OCH3 is 1. The number of carbonyl (C=O) groups is 1. The third kappa shape index (κ3) is 5.86. The van der Waals surface area contributed by atoms with E-state index in [1.54, 1.807) is 49.6 Å². The predicted molar refractivity (Wildman–Crippen MR) is 130 cm³/mol. The summed E-state index contributed by atoms with van der Waals surface area (Å²) in [6.07, 6.45) is -1.45. The van der Waals surface area contributed by atoms with Crippen LogP contribution in [0.3, 0.4) is 0 Å². The highest BCUT2D eigenvalue weighted by Crippen LogP contribution is 2.38. The fraction of sp³-hybridized carbons (Fsp3) is 0.304. The monoisotopic (exact) mass is 526 g/mol. The fourth-order valence-electron chi connectivity index (χ4n) is 3.07. The molecule has 2 aromatic carbocycles. The largest absolute Gasteiger partial charge is 0.487 e. The van der Waals surface area contributed by atoms with Crippen molar-refractivity contribution >= 4 is 44.6 Å². The summed E-state index contributed by atoms with van der Waals surface area (Å²) in [5.41, 5.74) is 2.42. The Labute approximate surface area is 207 Å². The van der Waals surface area contributed by atoms with Gasteiger partial charge in [-0.2, -0.15) is 8.42 Å². The molecule has 1 atom stereocenters. The molecule has 182 valence electrons. The van der Waals surface area contributed by atoms with Gasteiger partial charge in [-0.25, -0.2) is 14.2 Å². The summed E-state index contributed by atoms with van der Waals surface area (Å²) in [7, 11) is -2.86. The van der Waals surface area contributed by atoms with Gasteiger partial charge in [0.15, 0.2) is 0 Å². The molecule has 0 saturated heterocycles. The van der Waals surface area contributed by atoms with E-state index in [2.05, 4.69) is 4.98 Å². The molecule has 0 aliphatic carbocycles. The lowest BCUT2D eigenvalue weighted by atomic mass is 10.1. The maximum absolute atomic E-state index is 14.2. The van der Waals surface area contributed by atoms with Crippen molar-refractivity contribution in [3.8, 4) is 5.75 Å². The van der Waals surface area contributed by atoms with Gasteiger partial charge in [0.25, 0.3) is 10.0 Å². The highest BCUT2D eigenvalue weighted by molar-refractivity contribution is 7.94. The van der Waals surface area contributed by atoms with E-state index < -0.39 is 28.7 Å². The number of hydrogen-bond donors (Lipinski definition) is 0. The predicted octanol–water partition coefficient (Wildman–Crippen LogP) is 5.33. The Bertz CT molecular complexity index is 1280. The number of hydrogen-bond acceptors (Lipinski definition) is 7. The molecule has 11 heteroatoms. The molecule has 34 heavy (non-hydrogen) atoms. The van der Waals surface area contributed by atoms with Gasteiger partial charge in [-0.1, -0.05) is 23.7 Å². The third-order valence-electron chi connectivity index (χ3n) is 4.80. The standard InChI is InChI=1S/C23H24ClFN2O5S2/c1-14-9-20(27(11-15(2)25)34(29,30)23-26-16(3)13-33-23)21(10-19(14)24)32-12-17-5-7-18(8-6-17)22(28)31-4/h5-10,13,15H,11-12H2,1-4H3/t15-/m1/s1. The lowest BCUT2D eigenvalue weighted by molar-refractivity contribution is 0.0600. The van der Waals surface area contributed by atoms with Gasteiger partial charge in [-0.3, -0.25) is 4.31 Å². The van der Waals surface area contributed by atoms with Crippen molar-refractivity contribution in [2.45, 2.75) is 37.9 Å². The van der Waals surface area contributed by atoms with E-state index in [4.69, 9.17) is 21.1 Å². The summed E-state index contributed by atoms with van der Waals surface area (Å²) in [5.74, 6) is -0.288. The van der Waals surface area contributed by atoms with Gasteiger partial charge in [0.1, 0.15) is 18.5 Å². The van der Waals surface area contributed by atoms with Gasteiger partial charge in [0.05, 0.1) is 24.9 Å². The number of rotatable bonds is 9. The van der Waals surface area contributed by atoms with Crippen LogP contribution in [0.5, 0.6) is 5.75 Å². The van der Waals surface area contributed by atoms with Crippen LogP contribution in [-0.2, 0) is 21.4 Å². The van der Waals surface area contributed by atoms with Crippen molar-refractivity contribution in [1.82, 2.24) is 4.98 Å². The van der Waals surface area contributed by atoms with Crippen molar-refractivity contribution < 1.29 is 27.1 Å². The molecule has 0 amide bonds. The maximum atomic E-state index is 14.2. The quantitative estimate of drug-likeness (QED) is 0.350. The molecule has 3 rings (SSSR count). The molecule has 0 N–H and O–H groups in total. The van der Waals surface area contributed by atoms with Crippen LogP contribution in [-0.4, -0.2) is 39.2 Å². The number of halogens is 2. The minimum atomic E-state index is -4.16. The molecule has 3 aromatic rings. The summed E-state index contributed by atoms with van der Waals surface area (Å²) < 4.78 is 52.4. The van der Waals surface area contributed by atoms with E-state index >= 15 is 0 Å². The van der Waals surface area contributed by atoms with E-state index in [0.717, 1.165) is 21.2 Å². The number of carbonyl (C=O) groups excluding carboxylic acids is 1. The average molecular weight is 527 g/mol. The van der Waals surface area contributed by atoms with Gasteiger partial charge >= 0.3 is 5.97 Å². The van der Waals surface area contributed by atoms with Crippen LogP contribution in [0.25, 0.3) is 0 Å². The molecule has 1 heterocycles. The van der Waals surface area contributed by atoms with Gasteiger partial charge in [-0.15, -0.1) is 11.3 Å². The zero-order valence-electron chi connectivity index (χ0n) is 19.0. The van der Waals surface area contributed by atoms with Crippen molar-refractivity contribution in [3.63, 3.8) is 0 Å². The van der Waals surface area contributed by atoms with E-state index in [1.165, 1.54) is 20.1 Å². The van der Waals surface area contributed by atoms with Crippen molar-refractivity contribution in [2.24, 2.45) is 0 Å². The topological polar surface area (TPSA) is 85.8 Å². The highest BCUT2D eigenvalue weighted by Gasteiger charge is 2.32. The molecule has 1 aromatic heterocycles. The summed E-state index contributed by atoms with van der Waals surface area (Å²) in [6, 6.07) is 9.64. The minimum Gasteiger partial charge on any atom is -0.487 e. The van der Waals surface area contributed by atoms with E-state index in [0.29, 0.717) is 21.8 Å². The third-order valence-corrected chi connectivity index (χ3v) is 8.34. The highest BCUT2D eigenvalue weighted by atomic mass is 35.5. The SMILES string of the molecule is COC(=O)c1ccc(COc2cc(Cl)c(C)cc2N(C[C@@H](C)F)S(=O)(=O)c2nc(C)cs2)cc1. The minimum absolute atomic E-state index is 0.0588. The van der Waals surface area contributed by atoms with Crippen LogP contribution in [0.1, 0.15) is 34.1 Å². The first-order chi connectivity index (χ1) is 16.0. The fourth-order valence-corrected chi connectivity index (χ4v) is 5.90. The lowest BCUT2D eigenvalue weighted by Gasteiger charge is -2.26. The lowest BCUT2D eigenvalue weighted by Crippen LogP contribution is -2.36. The zero-order valence-corrected chi connectivity index (χ0v) is 21.4. The van der Waals surface area contributed by atoms with Crippen molar-refractivity contribution in [2.75, 3.05) is 18.0 Å². The number of nitrogens with zero attached hydrogens (tertiary/aromatic N) is 2. The molecule has 0 unspecified atom stereocenters. The molecule has 0 saturated carbocycles. The van der Waals surface area contributed by atoms with Crippen LogP contribution in [0, 0.1) is 13.8 Å². The van der Waals surface area contributed by atoms with Crippen LogP contribution in [0.2, 0.25) is 5.02 Å². The summed E-state index contributed by atoms with van der Waals surface area (Å²) in [4.78, 5) is 15.7. The number of aromatic nitrogens is 1. The molecule has 0 aliphatic rings. The Morgan fingerprint density at radius 2 is 1.91 bits per heavy atom. The van der Waals surface area contributed by atoms with E-state index in [9.17, 15) is 17.6 Å². The molecule has 0 fully saturated rings. The van der Waals surface area contributed by atoms with Crippen molar-refractivity contribution in [1.29, 1.82) is 0 Å². The summed E-state index contributed by atoms with van der Waals surface area (Å²) >= 11 is 7.27. The first-order valence-corrected chi connectivity index (χ1v) is 12.9. The number of benzene rings is 2. The van der Waals surface area contributed by atoms with E-state index in [-0.39, 0.29) is 22.4 Å². The van der Waals surface area contributed by atoms with E-state index in [1.807, 2.05) is 0 Å². The molecular weight excluding hydrogens is 503 g/mol. The molecular formula is C23H24ClFN2O5S2.